The molecule has 140 valence electrons. The van der Waals surface area contributed by atoms with Gasteiger partial charge in [-0.3, -0.25) is 0 Å². The number of nitrogens with one attached hydrogen (secondary N) is 2. The molecule has 2 N–H and O–H groups in total. The fourth-order valence-electron chi connectivity index (χ4n) is 2.29. The van der Waals surface area contributed by atoms with Crippen molar-refractivity contribution in [2.24, 2.45) is 0 Å². The molecule has 2 aromatic carbocycles. The number of benzene rings is 2. The van der Waals surface area contributed by atoms with Crippen LogP contribution in [0.5, 0.6) is 5.75 Å². The van der Waals surface area contributed by atoms with Crippen molar-refractivity contribution in [2.45, 2.75) is 24.7 Å². The second kappa shape index (κ2) is 9.45. The van der Waals surface area contributed by atoms with Gasteiger partial charge in [0.1, 0.15) is 10.6 Å². The maximum Gasteiger partial charge on any atom is 0.339 e. The van der Waals surface area contributed by atoms with E-state index in [0.29, 0.717) is 24.4 Å². The third kappa shape index (κ3) is 5.64. The Balaban J connectivity index is 2.19. The zero-order chi connectivity index (χ0) is 19.0. The highest BCUT2D eigenvalue weighted by Gasteiger charge is 2.19. The highest BCUT2D eigenvalue weighted by molar-refractivity contribution is 7.87. The number of urea groups is 1. The van der Waals surface area contributed by atoms with Crippen LogP contribution in [0.25, 0.3) is 0 Å². The summed E-state index contributed by atoms with van der Waals surface area (Å²) in [5.74, 6) is 0.597. The Morgan fingerprint density at radius 3 is 2.65 bits per heavy atom. The molecule has 0 saturated carbocycles. The zero-order valence-electron chi connectivity index (χ0n) is 14.4. The molecule has 0 saturated heterocycles. The van der Waals surface area contributed by atoms with Crippen molar-refractivity contribution >= 4 is 33.4 Å². The third-order valence-corrected chi connectivity index (χ3v) is 4.87. The number of alkyl halides is 1. The number of carbonyl (C=O) groups is 1. The van der Waals surface area contributed by atoms with Crippen LogP contribution in [0.4, 0.5) is 10.5 Å². The number of halogens is 1. The van der Waals surface area contributed by atoms with Crippen molar-refractivity contribution in [3.63, 3.8) is 0 Å². The van der Waals surface area contributed by atoms with Crippen LogP contribution >= 0.6 is 11.6 Å². The monoisotopic (exact) mass is 396 g/mol. The van der Waals surface area contributed by atoms with Crippen molar-refractivity contribution < 1.29 is 17.4 Å². The van der Waals surface area contributed by atoms with Crippen LogP contribution in [-0.4, -0.2) is 26.9 Å². The van der Waals surface area contributed by atoms with Crippen LogP contribution in [0.2, 0.25) is 0 Å². The van der Waals surface area contributed by atoms with Crippen LogP contribution < -0.4 is 14.8 Å². The van der Waals surface area contributed by atoms with Gasteiger partial charge in [0.15, 0.2) is 0 Å². The van der Waals surface area contributed by atoms with Gasteiger partial charge in [-0.2, -0.15) is 8.42 Å². The number of hydrogen-bond donors (Lipinski definition) is 2. The molecule has 0 bridgehead atoms. The van der Waals surface area contributed by atoms with Gasteiger partial charge in [-0.15, -0.1) is 11.6 Å². The third-order valence-electron chi connectivity index (χ3n) is 3.45. The highest BCUT2D eigenvalue weighted by atomic mass is 35.5. The summed E-state index contributed by atoms with van der Waals surface area (Å²) in [6.07, 6.45) is 1.59. The molecule has 0 aliphatic carbocycles. The van der Waals surface area contributed by atoms with Gasteiger partial charge < -0.3 is 14.8 Å². The van der Waals surface area contributed by atoms with Crippen molar-refractivity contribution in [3.8, 4) is 5.75 Å². The van der Waals surface area contributed by atoms with Gasteiger partial charge >= 0.3 is 16.1 Å². The Morgan fingerprint density at radius 1 is 1.15 bits per heavy atom. The topological polar surface area (TPSA) is 84.5 Å². The molecule has 2 rings (SSSR count). The van der Waals surface area contributed by atoms with Gasteiger partial charge in [0.25, 0.3) is 0 Å². The minimum absolute atomic E-state index is 0.0426. The summed E-state index contributed by atoms with van der Waals surface area (Å²) in [6.45, 7) is 2.32. The molecule has 0 fully saturated rings. The summed E-state index contributed by atoms with van der Waals surface area (Å²) in [7, 11) is -4.02. The van der Waals surface area contributed by atoms with Gasteiger partial charge in [-0.05, 0) is 36.2 Å². The second-order valence-corrected chi connectivity index (χ2v) is 7.42. The normalized spacial score (nSPS) is 11.0. The van der Waals surface area contributed by atoms with Gasteiger partial charge in [0.05, 0.1) is 0 Å². The summed E-state index contributed by atoms with van der Waals surface area (Å²) in [5.41, 5.74) is 1.16. The Morgan fingerprint density at radius 2 is 1.92 bits per heavy atom. The van der Waals surface area contributed by atoms with E-state index in [1.165, 1.54) is 18.2 Å². The molecule has 26 heavy (non-hydrogen) atoms. The van der Waals surface area contributed by atoms with Crippen molar-refractivity contribution in [2.75, 3.05) is 17.7 Å². The maximum atomic E-state index is 12.6. The lowest BCUT2D eigenvalue weighted by Gasteiger charge is -2.12. The number of rotatable bonds is 8. The average Bonchev–Trinajstić information content (AvgIpc) is 2.62. The first kappa shape index (κ1) is 20.1. The molecule has 0 aromatic heterocycles. The molecular weight excluding hydrogens is 376 g/mol. The van der Waals surface area contributed by atoms with Gasteiger partial charge in [0, 0.05) is 18.1 Å². The molecule has 0 unspecified atom stereocenters. The van der Waals surface area contributed by atoms with E-state index in [0.717, 1.165) is 12.0 Å². The summed E-state index contributed by atoms with van der Waals surface area (Å²) in [4.78, 5) is 11.6. The summed E-state index contributed by atoms with van der Waals surface area (Å²) in [5, 5.41) is 5.09. The smallest absolute Gasteiger partial charge is 0.339 e. The van der Waals surface area contributed by atoms with Gasteiger partial charge in [-0.1, -0.05) is 37.6 Å². The Bertz CT molecular complexity index is 856. The molecule has 2 aromatic rings. The molecule has 0 radical (unpaired) electrons. The fourth-order valence-corrected chi connectivity index (χ4v) is 3.40. The van der Waals surface area contributed by atoms with E-state index in [4.69, 9.17) is 15.8 Å². The standard InChI is InChI=1S/C18H21ClN2O4S/c1-2-6-14-7-3-4-10-17(14)25-26(23,24)16-9-5-8-15(13-16)21-18(22)20-12-11-19/h3-5,7-10,13H,2,6,11-12H2,1H3,(H2,20,21,22). The van der Waals surface area contributed by atoms with Crippen LogP contribution in [0, 0.1) is 0 Å². The van der Waals surface area contributed by atoms with E-state index in [-0.39, 0.29) is 10.8 Å². The van der Waals surface area contributed by atoms with E-state index in [9.17, 15) is 13.2 Å². The summed E-state index contributed by atoms with van der Waals surface area (Å²) < 4.78 is 30.5. The Hall–Kier alpha value is -2.25. The van der Waals surface area contributed by atoms with Crippen molar-refractivity contribution in [1.29, 1.82) is 0 Å². The van der Waals surface area contributed by atoms with E-state index in [2.05, 4.69) is 10.6 Å². The van der Waals surface area contributed by atoms with Crippen LogP contribution in [0.1, 0.15) is 18.9 Å². The number of hydrogen-bond acceptors (Lipinski definition) is 4. The van der Waals surface area contributed by atoms with E-state index >= 15 is 0 Å². The lowest BCUT2D eigenvalue weighted by Crippen LogP contribution is -2.30. The van der Waals surface area contributed by atoms with Gasteiger partial charge in [-0.25, -0.2) is 4.79 Å². The molecule has 0 heterocycles. The highest BCUT2D eigenvalue weighted by Crippen LogP contribution is 2.25. The lowest BCUT2D eigenvalue weighted by atomic mass is 10.1. The first-order valence-electron chi connectivity index (χ1n) is 8.19. The largest absolute Gasteiger partial charge is 0.379 e. The number of amides is 2. The summed E-state index contributed by atoms with van der Waals surface area (Å²) in [6, 6.07) is 12.5. The zero-order valence-corrected chi connectivity index (χ0v) is 15.9. The van der Waals surface area contributed by atoms with Gasteiger partial charge in [0.2, 0.25) is 0 Å². The van der Waals surface area contributed by atoms with E-state index < -0.39 is 16.1 Å². The van der Waals surface area contributed by atoms with Crippen molar-refractivity contribution in [3.05, 3.63) is 54.1 Å². The van der Waals surface area contributed by atoms with Crippen LogP contribution in [-0.2, 0) is 16.5 Å². The predicted octanol–water partition coefficient (Wildman–Crippen LogP) is 3.77. The molecule has 8 heteroatoms. The molecule has 0 atom stereocenters. The number of anilines is 1. The Kier molecular flexibility index (Phi) is 7.29. The lowest BCUT2D eigenvalue weighted by molar-refractivity contribution is 0.252. The molecule has 0 spiro atoms. The number of para-hydroxylation sites is 1. The van der Waals surface area contributed by atoms with Crippen LogP contribution in [0.3, 0.4) is 0 Å². The van der Waals surface area contributed by atoms with Crippen LogP contribution in [0.15, 0.2) is 53.4 Å². The SMILES string of the molecule is CCCc1ccccc1OS(=O)(=O)c1cccc(NC(=O)NCCCl)c1. The fraction of sp³-hybridized carbons (Fsp3) is 0.278. The number of carbonyl (C=O) groups excluding carboxylic acids is 1. The minimum atomic E-state index is -4.02. The van der Waals surface area contributed by atoms with E-state index in [1.807, 2.05) is 19.1 Å². The quantitative estimate of drug-likeness (QED) is 0.525. The van der Waals surface area contributed by atoms with E-state index in [1.54, 1.807) is 18.2 Å². The summed E-state index contributed by atoms with van der Waals surface area (Å²) >= 11 is 5.51. The average molecular weight is 397 g/mol. The first-order chi connectivity index (χ1) is 12.5. The molecular formula is C18H21ClN2O4S. The first-order valence-corrected chi connectivity index (χ1v) is 10.1. The van der Waals surface area contributed by atoms with Crippen molar-refractivity contribution in [1.82, 2.24) is 5.32 Å². The predicted molar refractivity (Wildman–Crippen MR) is 102 cm³/mol. The molecule has 6 nitrogen and oxygen atoms in total. The molecule has 0 aliphatic heterocycles. The maximum absolute atomic E-state index is 12.6. The Labute approximate surface area is 158 Å². The molecule has 2 amide bonds. The molecule has 0 aliphatic rings. The number of aryl methyl sites for hydroxylation is 1. The second-order valence-electron chi connectivity index (χ2n) is 5.49. The minimum Gasteiger partial charge on any atom is -0.379 e.